The number of nitro groups is 1. The summed E-state index contributed by atoms with van der Waals surface area (Å²) in [6, 6.07) is 12.9. The Morgan fingerprint density at radius 2 is 1.36 bits per heavy atom. The Bertz CT molecular complexity index is 1830. The molecule has 1 aliphatic heterocycles. The molecule has 0 saturated heterocycles. The minimum absolute atomic E-state index is 0.0289. The third kappa shape index (κ3) is 5.65. The zero-order chi connectivity index (χ0) is 31.9. The Kier molecular flexibility index (Phi) is 8.73. The molecule has 0 spiro atoms. The van der Waals surface area contributed by atoms with Gasteiger partial charge >= 0.3 is 5.97 Å². The summed E-state index contributed by atoms with van der Waals surface area (Å²) in [4.78, 5) is 77.2. The minimum Gasteiger partial charge on any atom is -0.422 e. The van der Waals surface area contributed by atoms with E-state index < -0.39 is 62.1 Å². The number of rotatable bonds is 8. The SMILES string of the molecule is O=C(CN(C(=O)c1ccc([N+](=O)[O-])cc1)N1C(=O)c2c(Cl)c(Cl)c(Cl)c(Cl)c2C1=O)c1ccc(OC(=O)c2cccs2)cc1. The monoisotopic (exact) mass is 691 g/mol. The highest BCUT2D eigenvalue weighted by molar-refractivity contribution is 7.12. The highest BCUT2D eigenvalue weighted by atomic mass is 35.5. The smallest absolute Gasteiger partial charge is 0.353 e. The summed E-state index contributed by atoms with van der Waals surface area (Å²) in [5.74, 6) is -4.46. The number of non-ortho nitro benzene ring substituents is 1. The van der Waals surface area contributed by atoms with Crippen LogP contribution in [0.1, 0.15) is 51.1 Å². The number of halogens is 4. The van der Waals surface area contributed by atoms with Crippen molar-refractivity contribution in [2.24, 2.45) is 0 Å². The van der Waals surface area contributed by atoms with Gasteiger partial charge in [-0.3, -0.25) is 29.3 Å². The van der Waals surface area contributed by atoms with Crippen molar-refractivity contribution in [3.63, 3.8) is 0 Å². The molecule has 2 heterocycles. The van der Waals surface area contributed by atoms with Gasteiger partial charge in [-0.25, -0.2) is 9.80 Å². The van der Waals surface area contributed by atoms with E-state index in [-0.39, 0.29) is 32.6 Å². The molecule has 16 heteroatoms. The molecule has 0 N–H and O–H groups in total. The molecule has 0 atom stereocenters. The number of carbonyl (C=O) groups is 5. The largest absolute Gasteiger partial charge is 0.422 e. The maximum Gasteiger partial charge on any atom is 0.353 e. The lowest BCUT2D eigenvalue weighted by molar-refractivity contribution is -0.384. The van der Waals surface area contributed by atoms with E-state index in [9.17, 15) is 34.1 Å². The molecule has 5 rings (SSSR count). The van der Waals surface area contributed by atoms with Crippen molar-refractivity contribution in [3.8, 4) is 5.75 Å². The number of ketones is 1. The Hall–Kier alpha value is -4.33. The van der Waals surface area contributed by atoms with Crippen LogP contribution >= 0.6 is 57.7 Å². The van der Waals surface area contributed by atoms with E-state index >= 15 is 0 Å². The van der Waals surface area contributed by atoms with E-state index in [1.54, 1.807) is 17.5 Å². The molecular formula is C28H13Cl4N3O8S. The second-order valence-electron chi connectivity index (χ2n) is 8.91. The van der Waals surface area contributed by atoms with Crippen molar-refractivity contribution in [2.45, 2.75) is 0 Å². The van der Waals surface area contributed by atoms with Crippen molar-refractivity contribution in [3.05, 3.63) is 123 Å². The number of thiophene rings is 1. The topological polar surface area (TPSA) is 144 Å². The molecule has 1 aromatic heterocycles. The number of hydrogen-bond donors (Lipinski definition) is 0. The van der Waals surface area contributed by atoms with Crippen LogP contribution in [0.5, 0.6) is 5.75 Å². The molecule has 44 heavy (non-hydrogen) atoms. The van der Waals surface area contributed by atoms with Gasteiger partial charge in [-0.2, -0.15) is 5.01 Å². The number of nitrogens with zero attached hydrogens (tertiary/aromatic N) is 3. The van der Waals surface area contributed by atoms with E-state index in [0.717, 1.165) is 24.3 Å². The molecule has 3 amide bonds. The number of benzene rings is 3. The maximum absolute atomic E-state index is 13.7. The molecule has 0 aliphatic carbocycles. The van der Waals surface area contributed by atoms with Gasteiger partial charge in [0.1, 0.15) is 17.2 Å². The zero-order valence-corrected chi connectivity index (χ0v) is 25.4. The van der Waals surface area contributed by atoms with Crippen LogP contribution in [0.4, 0.5) is 5.69 Å². The predicted molar refractivity (Wildman–Crippen MR) is 161 cm³/mol. The van der Waals surface area contributed by atoms with Gasteiger partial charge in [0.2, 0.25) is 0 Å². The predicted octanol–water partition coefficient (Wildman–Crippen LogP) is 7.03. The highest BCUT2D eigenvalue weighted by Crippen LogP contribution is 2.45. The van der Waals surface area contributed by atoms with Gasteiger partial charge in [0.15, 0.2) is 5.78 Å². The number of carbonyl (C=O) groups excluding carboxylic acids is 5. The van der Waals surface area contributed by atoms with Crippen LogP contribution in [0.2, 0.25) is 20.1 Å². The number of nitro benzene ring substituents is 1. The summed E-state index contributed by atoms with van der Waals surface area (Å²) in [6.45, 7) is -0.855. The Morgan fingerprint density at radius 3 is 1.86 bits per heavy atom. The molecule has 4 aromatic rings. The normalized spacial score (nSPS) is 12.2. The third-order valence-corrected chi connectivity index (χ3v) is 8.94. The average Bonchev–Trinajstić information content (AvgIpc) is 3.64. The van der Waals surface area contributed by atoms with Gasteiger partial charge in [0.05, 0.1) is 36.1 Å². The van der Waals surface area contributed by atoms with Gasteiger partial charge in [-0.15, -0.1) is 11.3 Å². The van der Waals surface area contributed by atoms with Crippen LogP contribution in [0.15, 0.2) is 66.0 Å². The van der Waals surface area contributed by atoms with Crippen molar-refractivity contribution < 1.29 is 33.6 Å². The van der Waals surface area contributed by atoms with Gasteiger partial charge in [-0.05, 0) is 47.8 Å². The quantitative estimate of drug-likeness (QED) is 0.0280. The molecule has 1 aliphatic rings. The van der Waals surface area contributed by atoms with Gasteiger partial charge in [-0.1, -0.05) is 52.5 Å². The van der Waals surface area contributed by atoms with Crippen LogP contribution in [-0.4, -0.2) is 51.0 Å². The lowest BCUT2D eigenvalue weighted by Gasteiger charge is -2.29. The second kappa shape index (κ2) is 12.3. The first kappa shape index (κ1) is 31.1. The lowest BCUT2D eigenvalue weighted by Crippen LogP contribution is -2.51. The molecule has 0 unspecified atom stereocenters. The van der Waals surface area contributed by atoms with E-state index in [2.05, 4.69) is 0 Å². The fraction of sp³-hybridized carbons (Fsp3) is 0.0357. The number of Topliss-reactive ketones (excluding diaryl/α,β-unsaturated/α-hetero) is 1. The van der Waals surface area contributed by atoms with E-state index in [4.69, 9.17) is 51.1 Å². The van der Waals surface area contributed by atoms with Gasteiger partial charge < -0.3 is 4.74 Å². The molecular weight excluding hydrogens is 680 g/mol. The maximum atomic E-state index is 13.7. The van der Waals surface area contributed by atoms with E-state index in [1.807, 2.05) is 0 Å². The first-order valence-electron chi connectivity index (χ1n) is 12.1. The fourth-order valence-electron chi connectivity index (χ4n) is 4.15. The number of fused-ring (bicyclic) bond motifs is 1. The number of hydrogen-bond acceptors (Lipinski definition) is 9. The third-order valence-electron chi connectivity index (χ3n) is 6.28. The molecule has 11 nitrogen and oxygen atoms in total. The number of ether oxygens (including phenoxy) is 1. The van der Waals surface area contributed by atoms with Crippen LogP contribution < -0.4 is 4.74 Å². The summed E-state index contributed by atoms with van der Waals surface area (Å²) in [7, 11) is 0. The summed E-state index contributed by atoms with van der Waals surface area (Å²) in [5.41, 5.74) is -1.35. The molecule has 3 aromatic carbocycles. The van der Waals surface area contributed by atoms with Crippen LogP contribution in [0.3, 0.4) is 0 Å². The number of amides is 3. The number of esters is 1. The Morgan fingerprint density at radius 1 is 0.818 bits per heavy atom. The fourth-order valence-corrected chi connectivity index (χ4v) is 5.77. The van der Waals surface area contributed by atoms with Gasteiger partial charge in [0.25, 0.3) is 23.4 Å². The van der Waals surface area contributed by atoms with Gasteiger partial charge in [0, 0.05) is 23.3 Å². The minimum atomic E-state index is -1.12. The first-order chi connectivity index (χ1) is 20.9. The second-order valence-corrected chi connectivity index (χ2v) is 11.4. The highest BCUT2D eigenvalue weighted by Gasteiger charge is 2.46. The van der Waals surface area contributed by atoms with E-state index in [1.165, 1.54) is 35.6 Å². The van der Waals surface area contributed by atoms with Crippen LogP contribution in [0.25, 0.3) is 0 Å². The van der Waals surface area contributed by atoms with Crippen molar-refractivity contribution in [1.29, 1.82) is 0 Å². The summed E-state index contributed by atoms with van der Waals surface area (Å²) < 4.78 is 5.29. The summed E-state index contributed by atoms with van der Waals surface area (Å²) >= 11 is 25.8. The zero-order valence-electron chi connectivity index (χ0n) is 21.6. The van der Waals surface area contributed by atoms with Crippen molar-refractivity contribution in [1.82, 2.24) is 10.0 Å². The van der Waals surface area contributed by atoms with Crippen LogP contribution in [-0.2, 0) is 0 Å². The number of hydrazine groups is 1. The molecule has 0 saturated carbocycles. The molecule has 0 fully saturated rings. The Balaban J connectivity index is 1.48. The summed E-state index contributed by atoms with van der Waals surface area (Å²) in [5, 5.41) is 12.4. The van der Waals surface area contributed by atoms with Crippen molar-refractivity contribution >= 4 is 92.9 Å². The Labute approximate surface area is 271 Å². The molecule has 0 bridgehead atoms. The standard InChI is InChI=1S/C28H13Cl4N3O8S/c29-21-19-20(22(30)24(32)23(21)31)27(39)34(26(19)38)33(25(37)14-3-7-15(8-4-14)35(41)42)12-17(36)13-5-9-16(10-6-13)43-28(40)18-2-1-11-44-18/h1-11H,12H2. The summed E-state index contributed by atoms with van der Waals surface area (Å²) in [6.07, 6.45) is 0. The molecule has 0 radical (unpaired) electrons. The van der Waals surface area contributed by atoms with Crippen LogP contribution in [0, 0.1) is 10.1 Å². The number of imide groups is 1. The average molecular weight is 693 g/mol. The van der Waals surface area contributed by atoms with Crippen molar-refractivity contribution in [2.75, 3.05) is 6.54 Å². The lowest BCUT2D eigenvalue weighted by atomic mass is 10.1. The first-order valence-corrected chi connectivity index (χ1v) is 14.5. The van der Waals surface area contributed by atoms with E-state index in [0.29, 0.717) is 14.9 Å². The molecule has 222 valence electrons.